The molecule has 0 amide bonds. The molecule has 3 heterocycles. The lowest BCUT2D eigenvalue weighted by Gasteiger charge is -2.21. The highest BCUT2D eigenvalue weighted by molar-refractivity contribution is 6.17. The van der Waals surface area contributed by atoms with Crippen LogP contribution >= 0.6 is 0 Å². The molecule has 0 saturated carbocycles. The van der Waals surface area contributed by atoms with Gasteiger partial charge in [0.1, 0.15) is 11.1 Å². The van der Waals surface area contributed by atoms with Crippen LogP contribution in [0, 0.1) is 0 Å². The van der Waals surface area contributed by atoms with Gasteiger partial charge in [-0.15, -0.1) is 0 Å². The Bertz CT molecular complexity index is 1810. The first-order valence-corrected chi connectivity index (χ1v) is 13.6. The van der Waals surface area contributed by atoms with Gasteiger partial charge >= 0.3 is 5.63 Å². The van der Waals surface area contributed by atoms with Crippen LogP contribution in [-0.2, 0) is 13.0 Å². The van der Waals surface area contributed by atoms with Gasteiger partial charge in [0.05, 0.1) is 32.1 Å². The fraction of sp³-hybridized carbons (Fsp3) is 0.303. The molecule has 206 valence electrons. The van der Waals surface area contributed by atoms with E-state index in [-0.39, 0.29) is 17.8 Å². The number of rotatable bonds is 7. The molecule has 5 aromatic rings. The first-order valence-electron chi connectivity index (χ1n) is 13.6. The Balaban J connectivity index is 1.75. The smallest absolute Gasteiger partial charge is 0.361 e. The van der Waals surface area contributed by atoms with E-state index in [4.69, 9.17) is 23.4 Å². The number of aryl methyl sites for hydroxylation is 2. The van der Waals surface area contributed by atoms with Gasteiger partial charge in [-0.05, 0) is 63.4 Å². The van der Waals surface area contributed by atoms with Crippen LogP contribution in [0.3, 0.4) is 0 Å². The molecule has 0 atom stereocenters. The molecule has 1 aliphatic heterocycles. The molecule has 2 aromatic heterocycles. The van der Waals surface area contributed by atoms with Crippen molar-refractivity contribution in [1.29, 1.82) is 0 Å². The lowest BCUT2D eigenvalue weighted by Crippen LogP contribution is -2.14. The summed E-state index contributed by atoms with van der Waals surface area (Å²) >= 11 is 0. The van der Waals surface area contributed by atoms with Crippen molar-refractivity contribution in [3.05, 3.63) is 70.6 Å². The lowest BCUT2D eigenvalue weighted by atomic mass is 9.92. The van der Waals surface area contributed by atoms with E-state index in [2.05, 4.69) is 22.8 Å². The molecule has 0 saturated heterocycles. The molecule has 0 unspecified atom stereocenters. The predicted octanol–water partition coefficient (Wildman–Crippen LogP) is 7.23. The minimum absolute atomic E-state index is 0.00186. The highest BCUT2D eigenvalue weighted by atomic mass is 16.5. The van der Waals surface area contributed by atoms with Crippen LogP contribution in [0.5, 0.6) is 23.0 Å². The van der Waals surface area contributed by atoms with Crippen molar-refractivity contribution in [2.75, 3.05) is 14.2 Å². The van der Waals surface area contributed by atoms with Crippen LogP contribution in [0.2, 0.25) is 0 Å². The fourth-order valence-electron chi connectivity index (χ4n) is 5.73. The number of benzene rings is 3. The van der Waals surface area contributed by atoms with E-state index in [1.54, 1.807) is 20.3 Å². The maximum Gasteiger partial charge on any atom is 0.361 e. The van der Waals surface area contributed by atoms with Gasteiger partial charge in [0.2, 0.25) is 0 Å². The quantitative estimate of drug-likeness (QED) is 0.203. The molecule has 7 heteroatoms. The average molecular weight is 540 g/mol. The summed E-state index contributed by atoms with van der Waals surface area (Å²) in [5.41, 5.74) is 5.77. The van der Waals surface area contributed by atoms with E-state index in [0.717, 1.165) is 39.6 Å². The number of hydrogen-bond acceptors (Lipinski definition) is 6. The van der Waals surface area contributed by atoms with Gasteiger partial charge in [-0.2, -0.15) is 0 Å². The van der Waals surface area contributed by atoms with Gasteiger partial charge in [0, 0.05) is 34.5 Å². The van der Waals surface area contributed by atoms with Crippen molar-refractivity contribution in [3.8, 4) is 45.4 Å². The summed E-state index contributed by atoms with van der Waals surface area (Å²) < 4.78 is 31.6. The number of aromatic nitrogens is 1. The van der Waals surface area contributed by atoms with Gasteiger partial charge in [0.25, 0.3) is 0 Å². The molecular weight excluding hydrogens is 506 g/mol. The number of fused-ring (bicyclic) bond motifs is 7. The summed E-state index contributed by atoms with van der Waals surface area (Å²) in [7, 11) is 3.25. The Morgan fingerprint density at radius 1 is 0.825 bits per heavy atom. The third-order valence-corrected chi connectivity index (χ3v) is 7.25. The van der Waals surface area contributed by atoms with Crippen LogP contribution in [0.25, 0.3) is 44.3 Å². The van der Waals surface area contributed by atoms with E-state index in [1.165, 1.54) is 5.56 Å². The van der Waals surface area contributed by atoms with E-state index in [0.29, 0.717) is 40.6 Å². The van der Waals surface area contributed by atoms with E-state index < -0.39 is 0 Å². The SMILES string of the molecule is COc1cc(-c2c3n(c4c(=O)oc5cc(OC(C)C)c(OC)cc5c24)CCc2ccccc2-3)ccc1OC(C)C. The number of methoxy groups -OCH3 is 2. The largest absolute Gasteiger partial charge is 0.493 e. The lowest BCUT2D eigenvalue weighted by molar-refractivity contribution is 0.230. The molecular formula is C33H33NO6. The van der Waals surface area contributed by atoms with Crippen LogP contribution in [0.15, 0.2) is 63.8 Å². The monoisotopic (exact) mass is 539 g/mol. The van der Waals surface area contributed by atoms with Crippen molar-refractivity contribution in [3.63, 3.8) is 0 Å². The van der Waals surface area contributed by atoms with E-state index in [1.807, 2.05) is 58.0 Å². The first-order chi connectivity index (χ1) is 19.3. The van der Waals surface area contributed by atoms with Crippen molar-refractivity contribution in [2.24, 2.45) is 0 Å². The summed E-state index contributed by atoms with van der Waals surface area (Å²) in [5.74, 6) is 2.40. The van der Waals surface area contributed by atoms with Crippen molar-refractivity contribution >= 4 is 21.9 Å². The molecule has 0 spiro atoms. The molecule has 40 heavy (non-hydrogen) atoms. The molecule has 0 aliphatic carbocycles. The second-order valence-corrected chi connectivity index (χ2v) is 10.6. The zero-order valence-corrected chi connectivity index (χ0v) is 23.7. The maximum absolute atomic E-state index is 13.7. The third kappa shape index (κ3) is 4.17. The van der Waals surface area contributed by atoms with E-state index >= 15 is 0 Å². The summed E-state index contributed by atoms with van der Waals surface area (Å²) in [5, 5.41) is 1.59. The van der Waals surface area contributed by atoms with Gasteiger partial charge in [-0.3, -0.25) is 0 Å². The second kappa shape index (κ2) is 9.97. The van der Waals surface area contributed by atoms with Gasteiger partial charge < -0.3 is 27.9 Å². The molecule has 3 aromatic carbocycles. The maximum atomic E-state index is 13.7. The summed E-state index contributed by atoms with van der Waals surface area (Å²) in [6.45, 7) is 8.52. The zero-order valence-electron chi connectivity index (χ0n) is 23.7. The Kier molecular flexibility index (Phi) is 6.45. The summed E-state index contributed by atoms with van der Waals surface area (Å²) in [6.07, 6.45) is 0.742. The Labute approximate surface area is 232 Å². The summed E-state index contributed by atoms with van der Waals surface area (Å²) in [4.78, 5) is 13.7. The Morgan fingerprint density at radius 3 is 2.25 bits per heavy atom. The Hall–Kier alpha value is -4.39. The highest BCUT2D eigenvalue weighted by Crippen LogP contribution is 2.48. The molecule has 7 nitrogen and oxygen atoms in total. The molecule has 0 N–H and O–H groups in total. The first kappa shape index (κ1) is 25.9. The molecule has 1 aliphatic rings. The minimum atomic E-state index is -0.387. The van der Waals surface area contributed by atoms with Gasteiger partial charge in [-0.25, -0.2) is 4.79 Å². The summed E-state index contributed by atoms with van der Waals surface area (Å²) in [6, 6.07) is 18.0. The van der Waals surface area contributed by atoms with Crippen LogP contribution in [0.1, 0.15) is 33.3 Å². The topological polar surface area (TPSA) is 72.1 Å². The second-order valence-electron chi connectivity index (χ2n) is 10.6. The number of ether oxygens (including phenoxy) is 4. The van der Waals surface area contributed by atoms with Crippen molar-refractivity contribution in [2.45, 2.75) is 52.9 Å². The number of hydrogen-bond donors (Lipinski definition) is 0. The number of nitrogens with zero attached hydrogens (tertiary/aromatic N) is 1. The predicted molar refractivity (Wildman–Crippen MR) is 157 cm³/mol. The van der Waals surface area contributed by atoms with Crippen LogP contribution in [-0.4, -0.2) is 31.0 Å². The van der Waals surface area contributed by atoms with Crippen molar-refractivity contribution in [1.82, 2.24) is 4.57 Å². The molecule has 6 rings (SSSR count). The van der Waals surface area contributed by atoms with Gasteiger partial charge in [0.15, 0.2) is 23.0 Å². The molecule has 0 radical (unpaired) electrons. The average Bonchev–Trinajstić information content (AvgIpc) is 3.29. The third-order valence-electron chi connectivity index (χ3n) is 7.25. The molecule has 0 fully saturated rings. The van der Waals surface area contributed by atoms with Crippen LogP contribution < -0.4 is 24.6 Å². The fourth-order valence-corrected chi connectivity index (χ4v) is 5.73. The highest BCUT2D eigenvalue weighted by Gasteiger charge is 2.30. The van der Waals surface area contributed by atoms with E-state index in [9.17, 15) is 4.79 Å². The standard InChI is InChI=1S/C33H33NO6/c1-18(2)38-24-12-11-21(15-26(24)36-5)29-30-23-16-27(37-6)28(39-19(3)4)17-25(23)40-33(35)32(30)34-14-13-20-9-7-8-10-22(20)31(29)34/h7-12,15-19H,13-14H2,1-6H3. The van der Waals surface area contributed by atoms with Crippen molar-refractivity contribution < 1.29 is 23.4 Å². The normalized spacial score (nSPS) is 12.6. The van der Waals surface area contributed by atoms with Crippen LogP contribution in [0.4, 0.5) is 0 Å². The van der Waals surface area contributed by atoms with Gasteiger partial charge in [-0.1, -0.05) is 30.3 Å². The zero-order chi connectivity index (χ0) is 28.1. The minimum Gasteiger partial charge on any atom is -0.493 e. The Morgan fingerprint density at radius 2 is 1.52 bits per heavy atom. The molecule has 0 bridgehead atoms.